The van der Waals surface area contributed by atoms with Crippen molar-refractivity contribution in [1.82, 2.24) is 10.2 Å². The van der Waals surface area contributed by atoms with Crippen LogP contribution in [-0.2, 0) is 0 Å². The molecule has 2 unspecified atom stereocenters. The van der Waals surface area contributed by atoms with Crippen molar-refractivity contribution in [2.45, 2.75) is 25.9 Å². The Balaban J connectivity index is 2.40. The van der Waals surface area contributed by atoms with Gasteiger partial charge < -0.3 is 19.9 Å². The largest absolute Gasteiger partial charge is 0.496 e. The lowest BCUT2D eigenvalue weighted by atomic mass is 10.0. The summed E-state index contributed by atoms with van der Waals surface area (Å²) in [7, 11) is 5.93. The van der Waals surface area contributed by atoms with Gasteiger partial charge in [0, 0.05) is 43.0 Å². The van der Waals surface area contributed by atoms with Crippen molar-refractivity contribution in [3.63, 3.8) is 0 Å². The predicted molar refractivity (Wildman–Crippen MR) is 84.8 cm³/mol. The number of methoxy groups -OCH3 is 1. The zero-order valence-corrected chi connectivity index (χ0v) is 13.3. The van der Waals surface area contributed by atoms with E-state index >= 15 is 0 Å². The SMILES string of the molecule is CNC(C)c1c(OC)cccc1N1CCN(C)CC1C. The minimum Gasteiger partial charge on any atom is -0.496 e. The molecule has 1 saturated heterocycles. The van der Waals surface area contributed by atoms with Crippen LogP contribution in [0.4, 0.5) is 5.69 Å². The van der Waals surface area contributed by atoms with Gasteiger partial charge in [0.15, 0.2) is 0 Å². The molecule has 4 nitrogen and oxygen atoms in total. The Hall–Kier alpha value is -1.26. The first-order chi connectivity index (χ1) is 9.58. The number of benzene rings is 1. The lowest BCUT2D eigenvalue weighted by Crippen LogP contribution is -2.51. The highest BCUT2D eigenvalue weighted by Crippen LogP contribution is 2.35. The van der Waals surface area contributed by atoms with E-state index in [9.17, 15) is 0 Å². The number of hydrogen-bond acceptors (Lipinski definition) is 4. The fraction of sp³-hybridized carbons (Fsp3) is 0.625. The van der Waals surface area contributed by atoms with Gasteiger partial charge in [0.1, 0.15) is 5.75 Å². The summed E-state index contributed by atoms with van der Waals surface area (Å²) in [4.78, 5) is 4.90. The highest BCUT2D eigenvalue weighted by molar-refractivity contribution is 5.61. The van der Waals surface area contributed by atoms with Crippen LogP contribution < -0.4 is 15.0 Å². The van der Waals surface area contributed by atoms with Crippen LogP contribution >= 0.6 is 0 Å². The third kappa shape index (κ3) is 2.91. The van der Waals surface area contributed by atoms with E-state index in [1.165, 1.54) is 11.3 Å². The molecule has 112 valence electrons. The van der Waals surface area contributed by atoms with Crippen molar-refractivity contribution >= 4 is 5.69 Å². The number of nitrogens with one attached hydrogen (secondary N) is 1. The molecule has 0 spiro atoms. The van der Waals surface area contributed by atoms with E-state index in [0.29, 0.717) is 6.04 Å². The van der Waals surface area contributed by atoms with Gasteiger partial charge in [-0.25, -0.2) is 0 Å². The van der Waals surface area contributed by atoms with Crippen molar-refractivity contribution in [3.05, 3.63) is 23.8 Å². The van der Waals surface area contributed by atoms with Crippen molar-refractivity contribution in [3.8, 4) is 5.75 Å². The molecular weight excluding hydrogens is 250 g/mol. The monoisotopic (exact) mass is 277 g/mol. The molecule has 20 heavy (non-hydrogen) atoms. The molecule has 0 saturated carbocycles. The Kier molecular flexibility index (Phi) is 4.89. The van der Waals surface area contributed by atoms with Crippen molar-refractivity contribution in [2.75, 3.05) is 45.7 Å². The molecular formula is C16H27N3O. The van der Waals surface area contributed by atoms with E-state index in [1.54, 1.807) is 7.11 Å². The number of nitrogens with zero attached hydrogens (tertiary/aromatic N) is 2. The number of piperazine rings is 1. The van der Waals surface area contributed by atoms with Gasteiger partial charge >= 0.3 is 0 Å². The number of likely N-dealkylation sites (N-methyl/N-ethyl adjacent to an activating group) is 1. The predicted octanol–water partition coefficient (Wildman–Crippen LogP) is 2.12. The first-order valence-electron chi connectivity index (χ1n) is 7.37. The van der Waals surface area contributed by atoms with Crippen molar-refractivity contribution in [1.29, 1.82) is 0 Å². The number of ether oxygens (including phenoxy) is 1. The van der Waals surface area contributed by atoms with Crippen LogP contribution in [0.1, 0.15) is 25.5 Å². The highest BCUT2D eigenvalue weighted by Gasteiger charge is 2.26. The summed E-state index contributed by atoms with van der Waals surface area (Å²) >= 11 is 0. The maximum absolute atomic E-state index is 5.58. The van der Waals surface area contributed by atoms with Crippen LogP contribution in [0.15, 0.2) is 18.2 Å². The summed E-state index contributed by atoms with van der Waals surface area (Å²) in [5.74, 6) is 0.968. The molecule has 1 aromatic carbocycles. The van der Waals surface area contributed by atoms with E-state index in [-0.39, 0.29) is 6.04 Å². The molecule has 4 heteroatoms. The average Bonchev–Trinajstić information content (AvgIpc) is 2.45. The standard InChI is InChI=1S/C16H27N3O/c1-12-11-18(4)9-10-19(12)14-7-6-8-15(20-5)16(14)13(2)17-3/h6-8,12-13,17H,9-11H2,1-5H3. The van der Waals surface area contributed by atoms with E-state index in [4.69, 9.17) is 4.74 Å². The van der Waals surface area contributed by atoms with Gasteiger partial charge in [0.05, 0.1) is 7.11 Å². The first kappa shape index (κ1) is 15.1. The quantitative estimate of drug-likeness (QED) is 0.912. The fourth-order valence-electron chi connectivity index (χ4n) is 3.04. The average molecular weight is 277 g/mol. The van der Waals surface area contributed by atoms with Gasteiger partial charge in [-0.3, -0.25) is 0 Å². The van der Waals surface area contributed by atoms with Crippen LogP contribution in [0.5, 0.6) is 5.75 Å². The Morgan fingerprint density at radius 1 is 1.35 bits per heavy atom. The smallest absolute Gasteiger partial charge is 0.125 e. The lowest BCUT2D eigenvalue weighted by Gasteiger charge is -2.41. The summed E-state index contributed by atoms with van der Waals surface area (Å²) in [5.41, 5.74) is 2.56. The normalized spacial score (nSPS) is 21.9. The van der Waals surface area contributed by atoms with Crippen LogP contribution in [-0.4, -0.2) is 51.8 Å². The van der Waals surface area contributed by atoms with E-state index in [0.717, 1.165) is 25.4 Å². The Morgan fingerprint density at radius 2 is 2.10 bits per heavy atom. The second-order valence-corrected chi connectivity index (χ2v) is 5.71. The van der Waals surface area contributed by atoms with Crippen LogP contribution in [0.25, 0.3) is 0 Å². The molecule has 1 heterocycles. The number of rotatable bonds is 4. The second kappa shape index (κ2) is 6.46. The number of hydrogen-bond donors (Lipinski definition) is 1. The molecule has 1 aliphatic rings. The van der Waals surface area contributed by atoms with Crippen LogP contribution in [0.2, 0.25) is 0 Å². The molecule has 0 aliphatic carbocycles. The maximum atomic E-state index is 5.58. The van der Waals surface area contributed by atoms with Gasteiger partial charge in [0.25, 0.3) is 0 Å². The maximum Gasteiger partial charge on any atom is 0.125 e. The molecule has 1 aliphatic heterocycles. The third-order valence-electron chi connectivity index (χ3n) is 4.27. The summed E-state index contributed by atoms with van der Waals surface area (Å²) < 4.78 is 5.58. The molecule has 2 rings (SSSR count). The lowest BCUT2D eigenvalue weighted by molar-refractivity contribution is 0.275. The summed E-state index contributed by atoms with van der Waals surface area (Å²) in [6.07, 6.45) is 0. The third-order valence-corrected chi connectivity index (χ3v) is 4.27. The molecule has 2 atom stereocenters. The summed E-state index contributed by atoms with van der Waals surface area (Å²) in [6, 6.07) is 7.14. The van der Waals surface area contributed by atoms with Gasteiger partial charge in [-0.15, -0.1) is 0 Å². The molecule has 1 N–H and O–H groups in total. The summed E-state index contributed by atoms with van der Waals surface area (Å²) in [6.45, 7) is 7.75. The zero-order chi connectivity index (χ0) is 14.7. The van der Waals surface area contributed by atoms with Crippen LogP contribution in [0.3, 0.4) is 0 Å². The molecule has 0 aromatic heterocycles. The van der Waals surface area contributed by atoms with Gasteiger partial charge in [-0.2, -0.15) is 0 Å². The van der Waals surface area contributed by atoms with Gasteiger partial charge in [-0.1, -0.05) is 6.07 Å². The van der Waals surface area contributed by atoms with E-state index in [2.05, 4.69) is 48.1 Å². The number of anilines is 1. The molecule has 0 amide bonds. The molecule has 0 radical (unpaired) electrons. The van der Waals surface area contributed by atoms with Gasteiger partial charge in [-0.05, 0) is 40.1 Å². The zero-order valence-electron chi connectivity index (χ0n) is 13.3. The fourth-order valence-corrected chi connectivity index (χ4v) is 3.04. The van der Waals surface area contributed by atoms with E-state index in [1.807, 2.05) is 13.1 Å². The van der Waals surface area contributed by atoms with Crippen molar-refractivity contribution in [2.24, 2.45) is 0 Å². The highest BCUT2D eigenvalue weighted by atomic mass is 16.5. The summed E-state index contributed by atoms with van der Waals surface area (Å²) in [5, 5.41) is 3.34. The molecule has 0 bridgehead atoms. The van der Waals surface area contributed by atoms with Gasteiger partial charge in [0.2, 0.25) is 0 Å². The van der Waals surface area contributed by atoms with Crippen LogP contribution in [0, 0.1) is 0 Å². The molecule has 1 aromatic rings. The second-order valence-electron chi connectivity index (χ2n) is 5.71. The van der Waals surface area contributed by atoms with Crippen molar-refractivity contribution < 1.29 is 4.74 Å². The Morgan fingerprint density at radius 3 is 2.70 bits per heavy atom. The minimum absolute atomic E-state index is 0.271. The minimum atomic E-state index is 0.271. The first-order valence-corrected chi connectivity index (χ1v) is 7.37. The Bertz CT molecular complexity index is 449. The Labute approximate surface area is 122 Å². The molecule has 1 fully saturated rings. The topological polar surface area (TPSA) is 27.7 Å². The van der Waals surface area contributed by atoms with E-state index < -0.39 is 0 Å².